The predicted molar refractivity (Wildman–Crippen MR) is 118 cm³/mol. The van der Waals surface area contributed by atoms with Crippen LogP contribution < -0.4 is 4.74 Å². The van der Waals surface area contributed by atoms with E-state index < -0.39 is 30.0 Å². The first kappa shape index (κ1) is 26.1. The third kappa shape index (κ3) is 6.76. The Morgan fingerprint density at radius 2 is 1.50 bits per heavy atom. The molecular weight excluding hydrogens is 461 g/mol. The molecule has 1 fully saturated rings. The Morgan fingerprint density at radius 3 is 2.06 bits per heavy atom. The molecule has 8 heteroatoms. The number of alkyl halides is 6. The summed E-state index contributed by atoms with van der Waals surface area (Å²) in [5.41, 5.74) is 2.41. The summed E-state index contributed by atoms with van der Waals surface area (Å²) in [5.74, 6) is -1.13. The first-order chi connectivity index (χ1) is 16.0. The van der Waals surface area contributed by atoms with Crippen molar-refractivity contribution in [3.8, 4) is 5.75 Å². The lowest BCUT2D eigenvalue weighted by Gasteiger charge is -2.28. The molecule has 0 saturated heterocycles. The SMILES string of the molecule is CCCC1CCC(c2ccc(C=Cc3ccc(OC(F)(F)C(F)C(F)(F)F)c(F)c3)cc2)CC1. The van der Waals surface area contributed by atoms with Crippen LogP contribution in [0.2, 0.25) is 0 Å². The van der Waals surface area contributed by atoms with Gasteiger partial charge in [0.1, 0.15) is 0 Å². The zero-order valence-corrected chi connectivity index (χ0v) is 18.7. The van der Waals surface area contributed by atoms with E-state index in [0.29, 0.717) is 5.92 Å². The Balaban J connectivity index is 1.61. The molecular formula is C26H27F7O. The van der Waals surface area contributed by atoms with Gasteiger partial charge >= 0.3 is 12.3 Å². The first-order valence-electron chi connectivity index (χ1n) is 11.3. The molecule has 0 spiro atoms. The van der Waals surface area contributed by atoms with Gasteiger partial charge in [0.25, 0.3) is 6.17 Å². The van der Waals surface area contributed by atoms with Gasteiger partial charge in [-0.25, -0.2) is 8.78 Å². The van der Waals surface area contributed by atoms with Gasteiger partial charge in [0.15, 0.2) is 11.6 Å². The third-order valence-corrected chi connectivity index (χ3v) is 6.20. The van der Waals surface area contributed by atoms with Gasteiger partial charge in [-0.1, -0.05) is 62.2 Å². The van der Waals surface area contributed by atoms with Crippen molar-refractivity contribution >= 4 is 12.2 Å². The molecule has 186 valence electrons. The lowest BCUT2D eigenvalue weighted by atomic mass is 9.77. The summed E-state index contributed by atoms with van der Waals surface area (Å²) in [5, 5.41) is 0. The maximum atomic E-state index is 14.1. The van der Waals surface area contributed by atoms with E-state index in [2.05, 4.69) is 23.8 Å². The number of benzene rings is 2. The second-order valence-electron chi connectivity index (χ2n) is 8.76. The van der Waals surface area contributed by atoms with Crippen molar-refractivity contribution in [2.45, 2.75) is 69.8 Å². The van der Waals surface area contributed by atoms with E-state index in [4.69, 9.17) is 0 Å². The summed E-state index contributed by atoms with van der Waals surface area (Å²) in [6.45, 7) is 2.21. The predicted octanol–water partition coefficient (Wildman–Crippen LogP) is 8.94. The zero-order valence-electron chi connectivity index (χ0n) is 18.7. The molecule has 2 aromatic carbocycles. The topological polar surface area (TPSA) is 9.23 Å². The van der Waals surface area contributed by atoms with Gasteiger partial charge in [-0.15, -0.1) is 0 Å². The number of hydrogen-bond donors (Lipinski definition) is 0. The van der Waals surface area contributed by atoms with Crippen LogP contribution in [-0.2, 0) is 0 Å². The molecule has 0 N–H and O–H groups in total. The fraction of sp³-hybridized carbons (Fsp3) is 0.462. The zero-order chi connectivity index (χ0) is 24.9. The van der Waals surface area contributed by atoms with Gasteiger partial charge in [0, 0.05) is 0 Å². The van der Waals surface area contributed by atoms with Crippen LogP contribution in [0.1, 0.15) is 68.1 Å². The van der Waals surface area contributed by atoms with E-state index in [0.717, 1.165) is 23.6 Å². The molecule has 1 aliphatic carbocycles. The Morgan fingerprint density at radius 1 is 0.912 bits per heavy atom. The molecule has 0 bridgehead atoms. The van der Waals surface area contributed by atoms with Gasteiger partial charge in [0.2, 0.25) is 0 Å². The number of halogens is 7. The molecule has 2 aromatic rings. The van der Waals surface area contributed by atoms with Crippen LogP contribution in [0.4, 0.5) is 30.7 Å². The molecule has 0 heterocycles. The second kappa shape index (κ2) is 10.8. The fourth-order valence-electron chi connectivity index (χ4n) is 4.36. The normalized spacial score (nSPS) is 20.5. The smallest absolute Gasteiger partial charge is 0.427 e. The highest BCUT2D eigenvalue weighted by Crippen LogP contribution is 2.38. The van der Waals surface area contributed by atoms with Gasteiger partial charge in [0.05, 0.1) is 0 Å². The molecule has 0 aliphatic heterocycles. The van der Waals surface area contributed by atoms with Crippen molar-refractivity contribution in [2.75, 3.05) is 0 Å². The summed E-state index contributed by atoms with van der Waals surface area (Å²) in [6, 6.07) is 10.8. The average Bonchev–Trinajstić information content (AvgIpc) is 2.79. The summed E-state index contributed by atoms with van der Waals surface area (Å²) in [4.78, 5) is 0. The highest BCUT2D eigenvalue weighted by molar-refractivity contribution is 5.70. The van der Waals surface area contributed by atoms with Crippen LogP contribution >= 0.6 is 0 Å². The Kier molecular flexibility index (Phi) is 8.31. The van der Waals surface area contributed by atoms with Crippen molar-refractivity contribution in [2.24, 2.45) is 5.92 Å². The molecule has 0 radical (unpaired) electrons. The maximum Gasteiger partial charge on any atom is 0.439 e. The monoisotopic (exact) mass is 488 g/mol. The summed E-state index contributed by atoms with van der Waals surface area (Å²) in [6.07, 6.45) is -5.07. The molecule has 1 saturated carbocycles. The van der Waals surface area contributed by atoms with Crippen molar-refractivity contribution < 1.29 is 35.5 Å². The minimum Gasteiger partial charge on any atom is -0.427 e. The van der Waals surface area contributed by atoms with Gasteiger partial charge in [-0.05, 0) is 66.3 Å². The Hall–Kier alpha value is -2.51. The van der Waals surface area contributed by atoms with Crippen LogP contribution in [-0.4, -0.2) is 18.5 Å². The van der Waals surface area contributed by atoms with Crippen LogP contribution in [0.5, 0.6) is 5.75 Å². The van der Waals surface area contributed by atoms with E-state index >= 15 is 0 Å². The van der Waals surface area contributed by atoms with Crippen molar-refractivity contribution in [3.63, 3.8) is 0 Å². The van der Waals surface area contributed by atoms with Gasteiger partial charge < -0.3 is 4.74 Å². The highest BCUT2D eigenvalue weighted by atomic mass is 19.4. The van der Waals surface area contributed by atoms with Gasteiger partial charge in [-0.3, -0.25) is 0 Å². The third-order valence-electron chi connectivity index (χ3n) is 6.20. The summed E-state index contributed by atoms with van der Waals surface area (Å²) < 4.78 is 94.1. The second-order valence-corrected chi connectivity index (χ2v) is 8.76. The number of ether oxygens (including phenoxy) is 1. The van der Waals surface area contributed by atoms with E-state index in [1.54, 1.807) is 6.08 Å². The standard InChI is InChI=1S/C26H27F7O/c1-2-3-17-6-11-20(12-7-17)21-13-8-18(9-14-21)4-5-19-10-15-23(22(27)16-19)34-26(32,33)24(28)25(29,30)31/h4-5,8-10,13-17,20,24H,2-3,6-7,11-12H2,1H3. The Labute approximate surface area is 194 Å². The molecule has 1 unspecified atom stereocenters. The van der Waals surface area contributed by atoms with Crippen LogP contribution in [0.3, 0.4) is 0 Å². The lowest BCUT2D eigenvalue weighted by Crippen LogP contribution is -2.45. The van der Waals surface area contributed by atoms with Crippen LogP contribution in [0, 0.1) is 11.7 Å². The molecule has 1 aliphatic rings. The van der Waals surface area contributed by atoms with Crippen molar-refractivity contribution in [1.29, 1.82) is 0 Å². The van der Waals surface area contributed by atoms with Gasteiger partial charge in [-0.2, -0.15) is 22.0 Å². The molecule has 0 amide bonds. The van der Waals surface area contributed by atoms with Crippen LogP contribution in [0.15, 0.2) is 42.5 Å². The summed E-state index contributed by atoms with van der Waals surface area (Å²) in [7, 11) is 0. The van der Waals surface area contributed by atoms with E-state index in [1.165, 1.54) is 56.2 Å². The van der Waals surface area contributed by atoms with Crippen molar-refractivity contribution in [1.82, 2.24) is 0 Å². The largest absolute Gasteiger partial charge is 0.439 e. The maximum absolute atomic E-state index is 14.1. The van der Waals surface area contributed by atoms with Crippen molar-refractivity contribution in [3.05, 3.63) is 65.0 Å². The minimum absolute atomic E-state index is 0.277. The quantitative estimate of drug-likeness (QED) is 0.266. The molecule has 1 nitrogen and oxygen atoms in total. The summed E-state index contributed by atoms with van der Waals surface area (Å²) >= 11 is 0. The minimum atomic E-state index is -5.84. The molecule has 0 aromatic heterocycles. The number of rotatable bonds is 8. The van der Waals surface area contributed by atoms with Crippen LogP contribution in [0.25, 0.3) is 12.2 Å². The Bertz CT molecular complexity index is 958. The van der Waals surface area contributed by atoms with E-state index in [9.17, 15) is 30.7 Å². The molecule has 1 atom stereocenters. The highest BCUT2D eigenvalue weighted by Gasteiger charge is 2.59. The molecule has 34 heavy (non-hydrogen) atoms. The fourth-order valence-corrected chi connectivity index (χ4v) is 4.36. The lowest BCUT2D eigenvalue weighted by molar-refractivity contribution is -0.305. The molecule has 3 rings (SSSR count). The van der Waals surface area contributed by atoms with E-state index in [-0.39, 0.29) is 5.56 Å². The first-order valence-corrected chi connectivity index (χ1v) is 11.3. The van der Waals surface area contributed by atoms with E-state index in [1.807, 2.05) is 12.1 Å². The average molecular weight is 488 g/mol. The number of hydrogen-bond acceptors (Lipinski definition) is 1.